The van der Waals surface area contributed by atoms with Crippen LogP contribution in [0.1, 0.15) is 35.0 Å². The van der Waals surface area contributed by atoms with E-state index in [0.717, 1.165) is 11.4 Å². The summed E-state index contributed by atoms with van der Waals surface area (Å²) in [5, 5.41) is 11.6. The number of carbonyl (C=O) groups is 1. The number of nitrogens with zero attached hydrogens (tertiary/aromatic N) is 5. The number of halogens is 3. The summed E-state index contributed by atoms with van der Waals surface area (Å²) < 4.78 is 43.7. The number of anilines is 1. The minimum atomic E-state index is -4.41. The van der Waals surface area contributed by atoms with Crippen LogP contribution in [0, 0.1) is 6.92 Å². The monoisotopic (exact) mass is 510 g/mol. The van der Waals surface area contributed by atoms with E-state index in [1.165, 1.54) is 28.9 Å². The maximum atomic E-state index is 12.3. The number of nitrogens with one attached hydrogen (secondary N) is 1. The number of hydrogen-bond donors (Lipinski definition) is 1. The van der Waals surface area contributed by atoms with Crippen LogP contribution in [-0.2, 0) is 30.7 Å². The van der Waals surface area contributed by atoms with Crippen LogP contribution in [0.15, 0.2) is 30.5 Å². The molecular weight excluding hydrogens is 481 g/mol. The largest absolute Gasteiger partial charge is 0.468 e. The van der Waals surface area contributed by atoms with E-state index < -0.39 is 12.8 Å². The average molecular weight is 511 g/mol. The van der Waals surface area contributed by atoms with E-state index in [1.54, 1.807) is 17.4 Å². The van der Waals surface area contributed by atoms with Crippen LogP contribution in [0.2, 0.25) is 0 Å². The van der Waals surface area contributed by atoms with Crippen LogP contribution >= 0.6 is 11.3 Å². The molecule has 1 N–H and O–H groups in total. The number of hydrogen-bond acceptors (Lipinski definition) is 7. The molecule has 0 saturated carbocycles. The number of carbonyl (C=O) groups excluding carboxylic acids is 1. The lowest BCUT2D eigenvalue weighted by Gasteiger charge is -2.24. The van der Waals surface area contributed by atoms with Crippen LogP contribution in [0.3, 0.4) is 0 Å². The highest BCUT2D eigenvalue weighted by molar-refractivity contribution is 7.11. The summed E-state index contributed by atoms with van der Waals surface area (Å²) in [7, 11) is 0. The molecule has 8 nitrogen and oxygen atoms in total. The Kier molecular flexibility index (Phi) is 9.07. The Bertz CT molecular complexity index is 1100. The molecule has 0 saturated heterocycles. The number of pyridine rings is 1. The van der Waals surface area contributed by atoms with Gasteiger partial charge in [-0.25, -0.2) is 4.98 Å². The topological polar surface area (TPSA) is 85.2 Å². The first-order valence-electron chi connectivity index (χ1n) is 11.3. The minimum absolute atomic E-state index is 0.0688. The maximum Gasteiger partial charge on any atom is 0.422 e. The Morgan fingerprint density at radius 2 is 2.03 bits per heavy atom. The van der Waals surface area contributed by atoms with Crippen molar-refractivity contribution in [2.24, 2.45) is 0 Å². The Hall–Kier alpha value is -3.15. The Morgan fingerprint density at radius 3 is 2.63 bits per heavy atom. The molecule has 0 atom stereocenters. The van der Waals surface area contributed by atoms with E-state index >= 15 is 0 Å². The predicted octanol–water partition coefficient (Wildman–Crippen LogP) is 3.93. The van der Waals surface area contributed by atoms with Crippen molar-refractivity contribution in [3.8, 4) is 5.88 Å². The summed E-state index contributed by atoms with van der Waals surface area (Å²) >= 11 is 1.71. The number of alkyl halides is 3. The third-order valence-corrected chi connectivity index (χ3v) is 6.10. The summed E-state index contributed by atoms with van der Waals surface area (Å²) in [6.45, 7) is 6.40. The summed E-state index contributed by atoms with van der Waals surface area (Å²) in [5.74, 6) is 1.37. The van der Waals surface area contributed by atoms with Crippen molar-refractivity contribution < 1.29 is 22.7 Å². The van der Waals surface area contributed by atoms with Gasteiger partial charge in [0, 0.05) is 55.0 Å². The van der Waals surface area contributed by atoms with Crippen LogP contribution in [-0.4, -0.2) is 51.5 Å². The number of thiophene rings is 1. The molecule has 0 unspecified atom stereocenters. The number of amides is 1. The number of rotatable bonds is 12. The molecule has 3 aromatic heterocycles. The van der Waals surface area contributed by atoms with Crippen LogP contribution in [0.4, 0.5) is 19.1 Å². The fourth-order valence-electron chi connectivity index (χ4n) is 3.47. The van der Waals surface area contributed by atoms with E-state index in [1.807, 2.05) is 11.5 Å². The highest BCUT2D eigenvalue weighted by Gasteiger charge is 2.28. The van der Waals surface area contributed by atoms with Crippen molar-refractivity contribution in [1.82, 2.24) is 25.1 Å². The van der Waals surface area contributed by atoms with Crippen molar-refractivity contribution in [3.05, 3.63) is 51.6 Å². The second-order valence-electron chi connectivity index (χ2n) is 8.00. The Morgan fingerprint density at radius 1 is 1.23 bits per heavy atom. The second-order valence-corrected chi connectivity index (χ2v) is 9.37. The van der Waals surface area contributed by atoms with Gasteiger partial charge < -0.3 is 15.0 Å². The van der Waals surface area contributed by atoms with Crippen molar-refractivity contribution in [2.75, 3.05) is 24.6 Å². The SMILES string of the molecule is CCc1nnc(N(CCNC(C)=O)Cc2ccc(C)s2)n1CCc1ccc(OCC(F)(F)F)nc1. The van der Waals surface area contributed by atoms with Crippen molar-refractivity contribution in [2.45, 2.75) is 52.9 Å². The lowest BCUT2D eigenvalue weighted by molar-refractivity contribution is -0.154. The van der Waals surface area contributed by atoms with Crippen LogP contribution in [0.5, 0.6) is 5.88 Å². The fourth-order valence-corrected chi connectivity index (χ4v) is 4.37. The van der Waals surface area contributed by atoms with Gasteiger partial charge in [-0.05, 0) is 31.0 Å². The Labute approximate surface area is 206 Å². The van der Waals surface area contributed by atoms with Gasteiger partial charge in [0.1, 0.15) is 5.82 Å². The number of ether oxygens (including phenoxy) is 1. The molecule has 0 radical (unpaired) electrons. The van der Waals surface area contributed by atoms with Gasteiger partial charge in [0.15, 0.2) is 6.61 Å². The smallest absolute Gasteiger partial charge is 0.422 e. The number of aryl methyl sites for hydroxylation is 3. The molecule has 3 aromatic rings. The molecule has 35 heavy (non-hydrogen) atoms. The van der Waals surface area contributed by atoms with Gasteiger partial charge in [-0.2, -0.15) is 13.2 Å². The second kappa shape index (κ2) is 12.0. The van der Waals surface area contributed by atoms with Gasteiger partial charge in [0.05, 0.1) is 6.54 Å². The van der Waals surface area contributed by atoms with E-state index in [9.17, 15) is 18.0 Å². The molecule has 0 aromatic carbocycles. The predicted molar refractivity (Wildman–Crippen MR) is 128 cm³/mol. The molecule has 0 bridgehead atoms. The molecule has 0 aliphatic carbocycles. The quantitative estimate of drug-likeness (QED) is 0.398. The molecule has 0 spiro atoms. The first-order chi connectivity index (χ1) is 16.6. The molecule has 3 rings (SSSR count). The standard InChI is InChI=1S/C23H29F3N6O2S/c1-4-20-29-30-22(31(12-10-27-17(3)33)14-19-7-5-16(2)35-19)32(20)11-9-18-6-8-21(28-13-18)34-15-23(24,25)26/h5-8,13H,4,9-12,14-15H2,1-3H3,(H,27,33). The maximum absolute atomic E-state index is 12.3. The van der Waals surface area contributed by atoms with Crippen molar-refractivity contribution in [1.29, 1.82) is 0 Å². The third-order valence-electron chi connectivity index (χ3n) is 5.11. The zero-order valence-electron chi connectivity index (χ0n) is 19.9. The van der Waals surface area contributed by atoms with E-state index in [4.69, 9.17) is 0 Å². The Balaban J connectivity index is 1.74. The molecule has 1 amide bonds. The van der Waals surface area contributed by atoms with Gasteiger partial charge in [0.2, 0.25) is 17.7 Å². The first kappa shape index (κ1) is 26.5. The van der Waals surface area contributed by atoms with Gasteiger partial charge in [-0.1, -0.05) is 13.0 Å². The van der Waals surface area contributed by atoms with Gasteiger partial charge >= 0.3 is 6.18 Å². The van der Waals surface area contributed by atoms with Gasteiger partial charge in [-0.3, -0.25) is 9.36 Å². The molecule has 0 fully saturated rings. The van der Waals surface area contributed by atoms with Crippen LogP contribution in [0.25, 0.3) is 0 Å². The summed E-state index contributed by atoms with van der Waals surface area (Å²) in [4.78, 5) is 19.9. The zero-order chi connectivity index (χ0) is 25.4. The van der Waals surface area contributed by atoms with Crippen LogP contribution < -0.4 is 15.0 Å². The molecular formula is C23H29F3N6O2S. The summed E-state index contributed by atoms with van der Waals surface area (Å²) in [6, 6.07) is 7.30. The number of aromatic nitrogens is 4. The first-order valence-corrected chi connectivity index (χ1v) is 12.1. The zero-order valence-corrected chi connectivity index (χ0v) is 20.7. The van der Waals surface area contributed by atoms with Gasteiger partial charge in [0.25, 0.3) is 0 Å². The summed E-state index contributed by atoms with van der Waals surface area (Å²) in [6.07, 6.45) is -1.62. The molecule has 190 valence electrons. The summed E-state index contributed by atoms with van der Waals surface area (Å²) in [5.41, 5.74) is 0.852. The van der Waals surface area contributed by atoms with E-state index in [-0.39, 0.29) is 11.8 Å². The molecule has 0 aliphatic heterocycles. The lowest BCUT2D eigenvalue weighted by atomic mass is 10.2. The van der Waals surface area contributed by atoms with Crippen molar-refractivity contribution in [3.63, 3.8) is 0 Å². The molecule has 12 heteroatoms. The van der Waals surface area contributed by atoms with Crippen molar-refractivity contribution >= 4 is 23.2 Å². The van der Waals surface area contributed by atoms with E-state index in [2.05, 4.69) is 49.2 Å². The van der Waals surface area contributed by atoms with Gasteiger partial charge in [-0.15, -0.1) is 21.5 Å². The highest BCUT2D eigenvalue weighted by atomic mass is 32.1. The third kappa shape index (κ3) is 8.23. The van der Waals surface area contributed by atoms with E-state index in [0.29, 0.717) is 45.0 Å². The normalized spacial score (nSPS) is 11.5. The highest BCUT2D eigenvalue weighted by Crippen LogP contribution is 2.22. The average Bonchev–Trinajstić information content (AvgIpc) is 3.40. The fraction of sp³-hybridized carbons (Fsp3) is 0.478. The molecule has 0 aliphatic rings. The lowest BCUT2D eigenvalue weighted by Crippen LogP contribution is -2.35. The molecule has 3 heterocycles. The minimum Gasteiger partial charge on any atom is -0.468 e.